The first-order valence-electron chi connectivity index (χ1n) is 5.76. The van der Waals surface area contributed by atoms with Crippen molar-refractivity contribution in [2.45, 2.75) is 26.9 Å². The van der Waals surface area contributed by atoms with Crippen LogP contribution in [0.4, 0.5) is 0 Å². The minimum Gasteiger partial charge on any atom is -0.384 e. The molecule has 0 spiro atoms. The maximum absolute atomic E-state index is 10.3. The molecule has 1 aromatic carbocycles. The molecule has 1 heterocycles. The minimum absolute atomic E-state index is 0.573. The summed E-state index contributed by atoms with van der Waals surface area (Å²) in [6, 6.07) is 11.8. The zero-order chi connectivity index (χ0) is 12.4. The molecule has 0 amide bonds. The SMILES string of the molecule is Cc1ccc(C(O)c2cc(C)nc(C)c2)cc1. The molecule has 2 aromatic rings. The van der Waals surface area contributed by atoms with E-state index in [2.05, 4.69) is 4.98 Å². The van der Waals surface area contributed by atoms with Gasteiger partial charge >= 0.3 is 0 Å². The summed E-state index contributed by atoms with van der Waals surface area (Å²) in [6.07, 6.45) is -0.573. The zero-order valence-electron chi connectivity index (χ0n) is 10.4. The van der Waals surface area contributed by atoms with Gasteiger partial charge in [-0.05, 0) is 44.0 Å². The molecule has 1 atom stereocenters. The number of aliphatic hydroxyl groups excluding tert-OH is 1. The molecule has 0 aliphatic heterocycles. The number of hydrogen-bond acceptors (Lipinski definition) is 2. The second-order valence-corrected chi connectivity index (χ2v) is 4.50. The highest BCUT2D eigenvalue weighted by molar-refractivity contribution is 5.32. The molecule has 0 bridgehead atoms. The molecule has 2 nitrogen and oxygen atoms in total. The van der Waals surface area contributed by atoms with Crippen LogP contribution in [0.1, 0.15) is 34.2 Å². The van der Waals surface area contributed by atoms with Crippen LogP contribution in [0.25, 0.3) is 0 Å². The number of aliphatic hydroxyl groups is 1. The molecule has 88 valence electrons. The number of aryl methyl sites for hydroxylation is 3. The Bertz CT molecular complexity index is 497. The third-order valence-corrected chi connectivity index (χ3v) is 2.81. The number of pyridine rings is 1. The Kier molecular flexibility index (Phi) is 3.25. The molecule has 1 aromatic heterocycles. The first kappa shape index (κ1) is 11.8. The van der Waals surface area contributed by atoms with Crippen molar-refractivity contribution in [2.75, 3.05) is 0 Å². The van der Waals surface area contributed by atoms with Crippen LogP contribution >= 0.6 is 0 Å². The second kappa shape index (κ2) is 4.68. The van der Waals surface area contributed by atoms with E-state index in [1.165, 1.54) is 5.56 Å². The average molecular weight is 227 g/mol. The number of nitrogens with zero attached hydrogens (tertiary/aromatic N) is 1. The van der Waals surface area contributed by atoms with Gasteiger partial charge in [-0.15, -0.1) is 0 Å². The fourth-order valence-corrected chi connectivity index (χ4v) is 1.97. The van der Waals surface area contributed by atoms with E-state index in [1.807, 2.05) is 57.2 Å². The number of rotatable bonds is 2. The molecule has 1 unspecified atom stereocenters. The van der Waals surface area contributed by atoms with E-state index in [0.29, 0.717) is 0 Å². The van der Waals surface area contributed by atoms with Crippen molar-refractivity contribution < 1.29 is 5.11 Å². The van der Waals surface area contributed by atoms with Gasteiger partial charge in [-0.2, -0.15) is 0 Å². The number of benzene rings is 1. The van der Waals surface area contributed by atoms with Crippen molar-refractivity contribution in [3.8, 4) is 0 Å². The molecule has 17 heavy (non-hydrogen) atoms. The summed E-state index contributed by atoms with van der Waals surface area (Å²) < 4.78 is 0. The van der Waals surface area contributed by atoms with E-state index >= 15 is 0 Å². The smallest absolute Gasteiger partial charge is 0.104 e. The molecule has 0 radical (unpaired) electrons. The summed E-state index contributed by atoms with van der Waals surface area (Å²) in [5.74, 6) is 0. The van der Waals surface area contributed by atoms with E-state index in [0.717, 1.165) is 22.5 Å². The summed E-state index contributed by atoms with van der Waals surface area (Å²) in [4.78, 5) is 4.31. The van der Waals surface area contributed by atoms with Gasteiger partial charge in [0.05, 0.1) is 0 Å². The maximum atomic E-state index is 10.3. The van der Waals surface area contributed by atoms with Crippen LogP contribution in [0, 0.1) is 20.8 Å². The van der Waals surface area contributed by atoms with Gasteiger partial charge in [0, 0.05) is 11.4 Å². The monoisotopic (exact) mass is 227 g/mol. The largest absolute Gasteiger partial charge is 0.384 e. The van der Waals surface area contributed by atoms with Crippen molar-refractivity contribution in [1.82, 2.24) is 4.98 Å². The third kappa shape index (κ3) is 2.71. The summed E-state index contributed by atoms with van der Waals surface area (Å²) in [5.41, 5.74) is 4.89. The van der Waals surface area contributed by atoms with E-state index in [9.17, 15) is 5.11 Å². The van der Waals surface area contributed by atoms with Gasteiger partial charge in [0.1, 0.15) is 6.10 Å². The Morgan fingerprint density at radius 3 is 1.94 bits per heavy atom. The minimum atomic E-state index is -0.573. The van der Waals surface area contributed by atoms with E-state index in [1.54, 1.807) is 0 Å². The van der Waals surface area contributed by atoms with Crippen LogP contribution in [0.3, 0.4) is 0 Å². The molecule has 0 saturated carbocycles. The third-order valence-electron chi connectivity index (χ3n) is 2.81. The Hall–Kier alpha value is -1.67. The van der Waals surface area contributed by atoms with Crippen molar-refractivity contribution in [1.29, 1.82) is 0 Å². The zero-order valence-corrected chi connectivity index (χ0v) is 10.4. The van der Waals surface area contributed by atoms with Crippen molar-refractivity contribution in [2.24, 2.45) is 0 Å². The summed E-state index contributed by atoms with van der Waals surface area (Å²) >= 11 is 0. The molecule has 0 aliphatic carbocycles. The highest BCUT2D eigenvalue weighted by atomic mass is 16.3. The van der Waals surface area contributed by atoms with Gasteiger partial charge in [0.15, 0.2) is 0 Å². The predicted molar refractivity (Wildman–Crippen MR) is 69.0 cm³/mol. The van der Waals surface area contributed by atoms with Crippen LogP contribution in [0.5, 0.6) is 0 Å². The number of hydrogen-bond donors (Lipinski definition) is 1. The van der Waals surface area contributed by atoms with E-state index in [-0.39, 0.29) is 0 Å². The van der Waals surface area contributed by atoms with Crippen LogP contribution in [0.15, 0.2) is 36.4 Å². The Balaban J connectivity index is 2.36. The molecule has 2 rings (SSSR count). The molecule has 0 aliphatic rings. The van der Waals surface area contributed by atoms with Crippen LogP contribution in [-0.4, -0.2) is 10.1 Å². The fraction of sp³-hybridized carbons (Fsp3) is 0.267. The van der Waals surface area contributed by atoms with Crippen molar-refractivity contribution in [3.05, 3.63) is 64.5 Å². The average Bonchev–Trinajstić information content (AvgIpc) is 2.28. The summed E-state index contributed by atoms with van der Waals surface area (Å²) in [7, 11) is 0. The lowest BCUT2D eigenvalue weighted by Crippen LogP contribution is -2.01. The highest BCUT2D eigenvalue weighted by Gasteiger charge is 2.11. The lowest BCUT2D eigenvalue weighted by Gasteiger charge is -2.13. The first-order valence-corrected chi connectivity index (χ1v) is 5.76. The molecule has 0 fully saturated rings. The second-order valence-electron chi connectivity index (χ2n) is 4.50. The maximum Gasteiger partial charge on any atom is 0.104 e. The van der Waals surface area contributed by atoms with Gasteiger partial charge in [-0.25, -0.2) is 0 Å². The summed E-state index contributed by atoms with van der Waals surface area (Å²) in [6.45, 7) is 5.92. The Labute approximate surface area is 102 Å². The molecular formula is C15H17NO. The van der Waals surface area contributed by atoms with Crippen molar-refractivity contribution in [3.63, 3.8) is 0 Å². The molecule has 2 heteroatoms. The van der Waals surface area contributed by atoms with Gasteiger partial charge < -0.3 is 5.11 Å². The molecule has 0 saturated heterocycles. The lowest BCUT2D eigenvalue weighted by atomic mass is 10.0. The Morgan fingerprint density at radius 1 is 0.882 bits per heavy atom. The van der Waals surface area contributed by atoms with Gasteiger partial charge in [0.2, 0.25) is 0 Å². The normalized spacial score (nSPS) is 12.5. The van der Waals surface area contributed by atoms with E-state index < -0.39 is 6.10 Å². The Morgan fingerprint density at radius 2 is 1.41 bits per heavy atom. The van der Waals surface area contributed by atoms with Gasteiger partial charge in [-0.3, -0.25) is 4.98 Å². The molecular weight excluding hydrogens is 210 g/mol. The van der Waals surface area contributed by atoms with Crippen LogP contribution < -0.4 is 0 Å². The molecule has 1 N–H and O–H groups in total. The van der Waals surface area contributed by atoms with Crippen LogP contribution in [0.2, 0.25) is 0 Å². The lowest BCUT2D eigenvalue weighted by molar-refractivity contribution is 0.220. The van der Waals surface area contributed by atoms with Gasteiger partial charge in [0.25, 0.3) is 0 Å². The number of aromatic nitrogens is 1. The fourth-order valence-electron chi connectivity index (χ4n) is 1.97. The topological polar surface area (TPSA) is 33.1 Å². The van der Waals surface area contributed by atoms with Gasteiger partial charge in [-0.1, -0.05) is 29.8 Å². The van der Waals surface area contributed by atoms with E-state index in [4.69, 9.17) is 0 Å². The quantitative estimate of drug-likeness (QED) is 0.855. The predicted octanol–water partition coefficient (Wildman–Crippen LogP) is 3.09. The summed E-state index contributed by atoms with van der Waals surface area (Å²) in [5, 5.41) is 10.3. The first-order chi connectivity index (χ1) is 8.06. The van der Waals surface area contributed by atoms with Crippen LogP contribution in [-0.2, 0) is 0 Å². The standard InChI is InChI=1S/C15H17NO/c1-10-4-6-13(7-5-10)15(17)14-8-11(2)16-12(3)9-14/h4-9,15,17H,1-3H3. The highest BCUT2D eigenvalue weighted by Crippen LogP contribution is 2.23. The van der Waals surface area contributed by atoms with Crippen molar-refractivity contribution >= 4 is 0 Å².